The maximum Gasteiger partial charge on any atom is 0.127 e. The van der Waals surface area contributed by atoms with E-state index in [0.717, 1.165) is 50.1 Å². The topological polar surface area (TPSA) is 101 Å². The highest BCUT2D eigenvalue weighted by Crippen LogP contribution is 2.29. The van der Waals surface area contributed by atoms with Crippen LogP contribution in [-0.4, -0.2) is 50.7 Å². The molecule has 196 valence electrons. The molecule has 0 saturated heterocycles. The second-order valence-electron chi connectivity index (χ2n) is 8.13. The van der Waals surface area contributed by atoms with Crippen LogP contribution < -0.4 is 29.6 Å². The van der Waals surface area contributed by atoms with Crippen LogP contribution in [0.3, 0.4) is 0 Å². The zero-order valence-electron chi connectivity index (χ0n) is 21.1. The van der Waals surface area contributed by atoms with E-state index < -0.39 is 0 Å². The molecule has 4 N–H and O–H groups in total. The Morgan fingerprint density at radius 3 is 1.78 bits per heavy atom. The van der Waals surface area contributed by atoms with Gasteiger partial charge >= 0.3 is 0 Å². The zero-order chi connectivity index (χ0) is 25.8. The summed E-state index contributed by atoms with van der Waals surface area (Å²) in [6, 6.07) is 11.6. The smallest absolute Gasteiger partial charge is 0.127 e. The van der Waals surface area contributed by atoms with Gasteiger partial charge in [-0.3, -0.25) is 0 Å². The van der Waals surface area contributed by atoms with Crippen molar-refractivity contribution in [2.24, 2.45) is 0 Å². The van der Waals surface area contributed by atoms with Gasteiger partial charge in [0, 0.05) is 59.9 Å². The average Bonchev–Trinajstić information content (AvgIpc) is 3.26. The molecule has 0 unspecified atom stereocenters. The number of thiophene rings is 1. The van der Waals surface area contributed by atoms with Gasteiger partial charge in [0.2, 0.25) is 0 Å². The molecule has 0 radical (unpaired) electrons. The Bertz CT molecular complexity index is 1010. The predicted octanol–water partition coefficient (Wildman–Crippen LogP) is 3.40. The van der Waals surface area contributed by atoms with Crippen LogP contribution in [0.2, 0.25) is 0 Å². The van der Waals surface area contributed by atoms with Crippen molar-refractivity contribution in [3.8, 4) is 23.0 Å². The molecule has 2 aromatic carbocycles. The van der Waals surface area contributed by atoms with Crippen LogP contribution in [0.4, 0.5) is 0 Å². The third kappa shape index (κ3) is 7.84. The van der Waals surface area contributed by atoms with Gasteiger partial charge in [-0.25, -0.2) is 0 Å². The lowest BCUT2D eigenvalue weighted by Gasteiger charge is -2.13. The minimum absolute atomic E-state index is 0.0981. The molecular weight excluding hydrogens is 480 g/mol. The summed E-state index contributed by atoms with van der Waals surface area (Å²) in [6.07, 6.45) is 0. The van der Waals surface area contributed by atoms with E-state index in [9.17, 15) is 0 Å². The molecule has 1 heterocycles. The number of hydrogen-bond acceptors (Lipinski definition) is 9. The van der Waals surface area contributed by atoms with Crippen molar-refractivity contribution >= 4 is 11.3 Å². The SMILES string of the molecule is COc1cc(OCc2csc(COc3ccc(CNCCO)c(OC)c3)c2C)ccc1CNCCO. The van der Waals surface area contributed by atoms with Gasteiger partial charge in [0.1, 0.15) is 36.2 Å². The molecule has 0 aliphatic carbocycles. The number of benzene rings is 2. The van der Waals surface area contributed by atoms with E-state index in [0.29, 0.717) is 39.4 Å². The fourth-order valence-corrected chi connectivity index (χ4v) is 4.58. The lowest BCUT2D eigenvalue weighted by Crippen LogP contribution is -2.17. The van der Waals surface area contributed by atoms with Gasteiger partial charge in [-0.05, 0) is 30.0 Å². The molecule has 0 aliphatic rings. The van der Waals surface area contributed by atoms with Crippen molar-refractivity contribution in [3.05, 3.63) is 68.9 Å². The molecule has 0 aliphatic heterocycles. The maximum absolute atomic E-state index is 8.94. The van der Waals surface area contributed by atoms with E-state index in [2.05, 4.69) is 22.9 Å². The molecule has 0 saturated carbocycles. The molecule has 9 heteroatoms. The highest BCUT2D eigenvalue weighted by Gasteiger charge is 2.12. The van der Waals surface area contributed by atoms with Gasteiger partial charge in [-0.1, -0.05) is 12.1 Å². The molecule has 0 atom stereocenters. The Hall–Kier alpha value is -2.82. The summed E-state index contributed by atoms with van der Waals surface area (Å²) in [7, 11) is 3.28. The second kappa shape index (κ2) is 14.7. The van der Waals surface area contributed by atoms with Crippen molar-refractivity contribution in [1.82, 2.24) is 10.6 Å². The quantitative estimate of drug-likeness (QED) is 0.215. The zero-order valence-corrected chi connectivity index (χ0v) is 22.0. The molecule has 1 aromatic heterocycles. The molecule has 0 spiro atoms. The monoisotopic (exact) mass is 516 g/mol. The van der Waals surface area contributed by atoms with Crippen LogP contribution in [0, 0.1) is 6.92 Å². The van der Waals surface area contributed by atoms with Gasteiger partial charge in [0.25, 0.3) is 0 Å². The highest BCUT2D eigenvalue weighted by molar-refractivity contribution is 7.10. The number of hydrogen-bond donors (Lipinski definition) is 4. The highest BCUT2D eigenvalue weighted by atomic mass is 32.1. The van der Waals surface area contributed by atoms with Crippen molar-refractivity contribution in [1.29, 1.82) is 0 Å². The molecule has 3 rings (SSSR count). The van der Waals surface area contributed by atoms with Gasteiger partial charge in [-0.15, -0.1) is 11.3 Å². The summed E-state index contributed by atoms with van der Waals surface area (Å²) in [6.45, 7) is 5.50. The summed E-state index contributed by atoms with van der Waals surface area (Å²) in [5.74, 6) is 2.98. The summed E-state index contributed by atoms with van der Waals surface area (Å²) in [5.41, 5.74) is 4.30. The normalized spacial score (nSPS) is 10.9. The van der Waals surface area contributed by atoms with E-state index in [1.165, 1.54) is 0 Å². The molecule has 36 heavy (non-hydrogen) atoms. The molecular formula is C27H36N2O6S. The lowest BCUT2D eigenvalue weighted by molar-refractivity contribution is 0.291. The van der Waals surface area contributed by atoms with Gasteiger partial charge in [0.15, 0.2) is 0 Å². The van der Waals surface area contributed by atoms with E-state index in [-0.39, 0.29) is 13.2 Å². The Morgan fingerprint density at radius 1 is 0.750 bits per heavy atom. The number of aliphatic hydroxyl groups excluding tert-OH is 2. The fourth-order valence-electron chi connectivity index (χ4n) is 3.62. The van der Waals surface area contributed by atoms with Crippen LogP contribution >= 0.6 is 11.3 Å². The number of rotatable bonds is 16. The molecule has 0 fully saturated rings. The van der Waals surface area contributed by atoms with Crippen LogP contribution in [-0.2, 0) is 26.3 Å². The van der Waals surface area contributed by atoms with Crippen molar-refractivity contribution in [3.63, 3.8) is 0 Å². The minimum atomic E-state index is 0.0981. The second-order valence-corrected chi connectivity index (χ2v) is 9.10. The van der Waals surface area contributed by atoms with Crippen molar-refractivity contribution in [2.75, 3.05) is 40.5 Å². The van der Waals surface area contributed by atoms with E-state index in [4.69, 9.17) is 29.2 Å². The lowest BCUT2D eigenvalue weighted by atomic mass is 10.1. The van der Waals surface area contributed by atoms with Gasteiger partial charge in [-0.2, -0.15) is 0 Å². The number of methoxy groups -OCH3 is 2. The standard InChI is InChI=1S/C27H36N2O6S/c1-19-22(16-34-23-6-4-20(14-28-8-10-30)25(12-23)32-2)18-36-27(19)17-35-24-7-5-21(15-29-9-11-31)26(13-24)33-3/h4-7,12-13,18,28-31H,8-11,14-17H2,1-3H3. The summed E-state index contributed by atoms with van der Waals surface area (Å²) in [4.78, 5) is 1.14. The van der Waals surface area contributed by atoms with Crippen molar-refractivity contribution < 1.29 is 29.2 Å². The summed E-state index contributed by atoms with van der Waals surface area (Å²) < 4.78 is 23.1. The molecule has 3 aromatic rings. The van der Waals surface area contributed by atoms with Crippen LogP contribution in [0.5, 0.6) is 23.0 Å². The minimum Gasteiger partial charge on any atom is -0.496 e. The number of aliphatic hydroxyl groups is 2. The van der Waals surface area contributed by atoms with Gasteiger partial charge in [0.05, 0.1) is 27.4 Å². The van der Waals surface area contributed by atoms with Crippen LogP contribution in [0.1, 0.15) is 27.1 Å². The number of nitrogens with one attached hydrogen (secondary N) is 2. The van der Waals surface area contributed by atoms with Crippen molar-refractivity contribution in [2.45, 2.75) is 33.2 Å². The Kier molecular flexibility index (Phi) is 11.3. The fraction of sp³-hybridized carbons (Fsp3) is 0.407. The van der Waals surface area contributed by atoms with Crippen LogP contribution in [0.15, 0.2) is 41.8 Å². The van der Waals surface area contributed by atoms with Gasteiger partial charge < -0.3 is 39.8 Å². The van der Waals surface area contributed by atoms with E-state index in [1.807, 2.05) is 36.4 Å². The molecule has 8 nitrogen and oxygen atoms in total. The molecule has 0 bridgehead atoms. The third-order valence-electron chi connectivity index (χ3n) is 5.73. The Balaban J connectivity index is 1.56. The summed E-state index contributed by atoms with van der Waals surface area (Å²) in [5, 5.41) is 26.3. The first-order valence-corrected chi connectivity index (χ1v) is 12.8. The summed E-state index contributed by atoms with van der Waals surface area (Å²) >= 11 is 1.66. The Labute approximate surface area is 216 Å². The van der Waals surface area contributed by atoms with Crippen LogP contribution in [0.25, 0.3) is 0 Å². The van der Waals surface area contributed by atoms with E-state index in [1.54, 1.807) is 25.6 Å². The first-order chi connectivity index (χ1) is 17.6. The average molecular weight is 517 g/mol. The maximum atomic E-state index is 8.94. The predicted molar refractivity (Wildman–Crippen MR) is 141 cm³/mol. The number of ether oxygens (including phenoxy) is 4. The molecule has 0 amide bonds. The Morgan fingerprint density at radius 2 is 1.28 bits per heavy atom. The largest absolute Gasteiger partial charge is 0.496 e. The first-order valence-electron chi connectivity index (χ1n) is 11.9. The third-order valence-corrected chi connectivity index (χ3v) is 6.84. The van der Waals surface area contributed by atoms with E-state index >= 15 is 0 Å². The first kappa shape index (κ1) is 27.8.